The first-order valence-corrected chi connectivity index (χ1v) is 10.7. The molecule has 6 heteroatoms. The SMILES string of the molecule is CC1(C)[C@]2(C(=O)NNC(=O)[C@]34CC[C@](C)([C@H](O)C3)C4(C)C)CC[C@@]1(C)[C@H](O)C2. The standard InChI is InChI=1S/C22H36N2O4/c1-17(2)19(5)7-9-21(17,11-13(19)25)15(27)23-24-16(28)22-10-8-20(6,14(26)12-22)18(22,3)4/h13-14,25-26H,7-12H2,1-6H3,(H,23,27)(H,24,28)/t13-,14-,19-,20+,21+,22-/m1/s1. The topological polar surface area (TPSA) is 98.7 Å². The average Bonchev–Trinajstić information content (AvgIpc) is 3.07. The molecule has 4 aliphatic carbocycles. The smallest absolute Gasteiger partial charge is 0.245 e. The average molecular weight is 393 g/mol. The lowest BCUT2D eigenvalue weighted by molar-refractivity contribution is -0.145. The molecular weight excluding hydrogens is 356 g/mol. The Bertz CT molecular complexity index is 687. The van der Waals surface area contributed by atoms with Crippen LogP contribution in [-0.2, 0) is 9.59 Å². The fourth-order valence-corrected chi connectivity index (χ4v) is 7.61. The van der Waals surface area contributed by atoms with E-state index in [4.69, 9.17) is 0 Å². The third-order valence-electron chi connectivity index (χ3n) is 11.1. The summed E-state index contributed by atoms with van der Waals surface area (Å²) in [4.78, 5) is 26.5. The molecule has 6 atom stereocenters. The van der Waals surface area contributed by atoms with Crippen molar-refractivity contribution in [3.8, 4) is 0 Å². The molecule has 0 spiro atoms. The highest BCUT2D eigenvalue weighted by molar-refractivity contribution is 5.90. The Balaban J connectivity index is 1.52. The van der Waals surface area contributed by atoms with Gasteiger partial charge >= 0.3 is 0 Å². The monoisotopic (exact) mass is 392 g/mol. The van der Waals surface area contributed by atoms with Gasteiger partial charge in [-0.25, -0.2) is 0 Å². The molecule has 158 valence electrons. The molecule has 4 rings (SSSR count). The number of nitrogens with one attached hydrogen (secondary N) is 2. The van der Waals surface area contributed by atoms with E-state index in [0.717, 1.165) is 25.7 Å². The first-order valence-electron chi connectivity index (χ1n) is 10.7. The molecule has 0 heterocycles. The second-order valence-corrected chi connectivity index (χ2v) is 11.6. The third kappa shape index (κ3) is 1.83. The van der Waals surface area contributed by atoms with Crippen molar-refractivity contribution in [3.63, 3.8) is 0 Å². The molecule has 6 nitrogen and oxygen atoms in total. The van der Waals surface area contributed by atoms with Crippen molar-refractivity contribution in [2.24, 2.45) is 32.5 Å². The quantitative estimate of drug-likeness (QED) is 0.542. The third-order valence-corrected chi connectivity index (χ3v) is 11.1. The molecule has 2 amide bonds. The molecular formula is C22H36N2O4. The molecule has 28 heavy (non-hydrogen) atoms. The number of aliphatic hydroxyl groups excluding tert-OH is 2. The Labute approximate surface area is 167 Å². The number of amides is 2. The second kappa shape index (κ2) is 5.31. The lowest BCUT2D eigenvalue weighted by atomic mass is 9.64. The number of carbonyl (C=O) groups excluding carboxylic acids is 2. The number of hydrogen-bond donors (Lipinski definition) is 4. The maximum absolute atomic E-state index is 13.3. The lowest BCUT2D eigenvalue weighted by Gasteiger charge is -2.41. The molecule has 4 aliphatic rings. The van der Waals surface area contributed by atoms with Gasteiger partial charge in [0.15, 0.2) is 0 Å². The van der Waals surface area contributed by atoms with Gasteiger partial charge in [-0.15, -0.1) is 0 Å². The molecule has 0 aromatic rings. The van der Waals surface area contributed by atoms with Gasteiger partial charge in [0.2, 0.25) is 11.8 Å². The highest BCUT2D eigenvalue weighted by atomic mass is 16.3. The summed E-state index contributed by atoms with van der Waals surface area (Å²) in [5.74, 6) is -0.390. The van der Waals surface area contributed by atoms with Crippen LogP contribution in [0.1, 0.15) is 80.1 Å². The minimum Gasteiger partial charge on any atom is -0.393 e. The van der Waals surface area contributed by atoms with Gasteiger partial charge in [-0.2, -0.15) is 0 Å². The van der Waals surface area contributed by atoms with Crippen LogP contribution in [0.15, 0.2) is 0 Å². The lowest BCUT2D eigenvalue weighted by Crippen LogP contribution is -2.56. The molecule has 0 aromatic carbocycles. The predicted molar refractivity (Wildman–Crippen MR) is 105 cm³/mol. The van der Waals surface area contributed by atoms with Gasteiger partial charge in [-0.1, -0.05) is 41.5 Å². The molecule has 0 unspecified atom stereocenters. The second-order valence-electron chi connectivity index (χ2n) is 11.6. The number of fused-ring (bicyclic) bond motifs is 4. The summed E-state index contributed by atoms with van der Waals surface area (Å²) in [7, 11) is 0. The van der Waals surface area contributed by atoms with Gasteiger partial charge in [0, 0.05) is 0 Å². The zero-order valence-corrected chi connectivity index (χ0v) is 18.1. The van der Waals surface area contributed by atoms with Crippen molar-refractivity contribution in [2.75, 3.05) is 0 Å². The summed E-state index contributed by atoms with van der Waals surface area (Å²) in [5.41, 5.74) is 2.87. The first-order chi connectivity index (χ1) is 12.7. The van der Waals surface area contributed by atoms with Crippen LogP contribution in [0.2, 0.25) is 0 Å². The molecule has 0 aromatic heterocycles. The van der Waals surface area contributed by atoms with E-state index in [1.165, 1.54) is 0 Å². The van der Waals surface area contributed by atoms with E-state index < -0.39 is 23.0 Å². The summed E-state index contributed by atoms with van der Waals surface area (Å²) < 4.78 is 0. The number of hydrazine groups is 1. The van der Waals surface area contributed by atoms with Crippen LogP contribution in [-0.4, -0.2) is 34.2 Å². The van der Waals surface area contributed by atoms with Crippen molar-refractivity contribution in [1.29, 1.82) is 0 Å². The van der Waals surface area contributed by atoms with Crippen LogP contribution in [0.3, 0.4) is 0 Å². The van der Waals surface area contributed by atoms with Crippen LogP contribution in [0.5, 0.6) is 0 Å². The zero-order valence-electron chi connectivity index (χ0n) is 18.1. The minimum absolute atomic E-state index is 0.195. The Morgan fingerprint density at radius 3 is 1.21 bits per heavy atom. The van der Waals surface area contributed by atoms with Crippen molar-refractivity contribution in [2.45, 2.75) is 92.3 Å². The minimum atomic E-state index is -0.666. The maximum atomic E-state index is 13.3. The van der Waals surface area contributed by atoms with Crippen molar-refractivity contribution < 1.29 is 19.8 Å². The van der Waals surface area contributed by atoms with E-state index >= 15 is 0 Å². The highest BCUT2D eigenvalue weighted by Crippen LogP contribution is 2.73. The molecule has 4 bridgehead atoms. The largest absolute Gasteiger partial charge is 0.393 e. The Morgan fingerprint density at radius 2 is 1.00 bits per heavy atom. The van der Waals surface area contributed by atoms with Crippen LogP contribution in [0, 0.1) is 32.5 Å². The Morgan fingerprint density at radius 1 is 0.679 bits per heavy atom. The van der Waals surface area contributed by atoms with Crippen LogP contribution < -0.4 is 10.9 Å². The van der Waals surface area contributed by atoms with E-state index in [-0.39, 0.29) is 33.5 Å². The number of hydrogen-bond acceptors (Lipinski definition) is 4. The summed E-state index contributed by atoms with van der Waals surface area (Å²) in [6.07, 6.45) is 2.93. The molecule has 4 fully saturated rings. The summed E-state index contributed by atoms with van der Waals surface area (Å²) in [6, 6.07) is 0. The maximum Gasteiger partial charge on any atom is 0.245 e. The molecule has 0 aliphatic heterocycles. The van der Waals surface area contributed by atoms with Crippen molar-refractivity contribution in [1.82, 2.24) is 10.9 Å². The van der Waals surface area contributed by atoms with Crippen LogP contribution >= 0.6 is 0 Å². The number of rotatable bonds is 2. The molecule has 0 saturated heterocycles. The van der Waals surface area contributed by atoms with E-state index in [9.17, 15) is 19.8 Å². The van der Waals surface area contributed by atoms with Crippen molar-refractivity contribution in [3.05, 3.63) is 0 Å². The van der Waals surface area contributed by atoms with Gasteiger partial charge in [0.05, 0.1) is 23.0 Å². The van der Waals surface area contributed by atoms with E-state index in [1.54, 1.807) is 0 Å². The first kappa shape index (κ1) is 20.1. The zero-order chi connectivity index (χ0) is 21.0. The van der Waals surface area contributed by atoms with Crippen LogP contribution in [0.4, 0.5) is 0 Å². The summed E-state index contributed by atoms with van der Waals surface area (Å²) >= 11 is 0. The fourth-order valence-electron chi connectivity index (χ4n) is 7.61. The van der Waals surface area contributed by atoms with Gasteiger partial charge in [-0.3, -0.25) is 20.4 Å². The normalized spacial score (nSPS) is 50.0. The highest BCUT2D eigenvalue weighted by Gasteiger charge is 2.73. The Kier molecular flexibility index (Phi) is 3.82. The summed E-state index contributed by atoms with van der Waals surface area (Å²) in [5, 5.41) is 21.2. The van der Waals surface area contributed by atoms with Gasteiger partial charge in [-0.05, 0) is 60.2 Å². The summed E-state index contributed by atoms with van der Waals surface area (Å²) in [6.45, 7) is 12.4. The van der Waals surface area contributed by atoms with E-state index in [1.807, 2.05) is 0 Å². The fraction of sp³-hybridized carbons (Fsp3) is 0.909. The Hall–Kier alpha value is -1.14. The van der Waals surface area contributed by atoms with E-state index in [0.29, 0.717) is 12.8 Å². The number of carbonyl (C=O) groups is 2. The van der Waals surface area contributed by atoms with Gasteiger partial charge in [0.25, 0.3) is 0 Å². The molecule has 4 N–H and O–H groups in total. The predicted octanol–water partition coefficient (Wildman–Crippen LogP) is 2.29. The van der Waals surface area contributed by atoms with Gasteiger partial charge in [0.1, 0.15) is 0 Å². The van der Waals surface area contributed by atoms with Crippen molar-refractivity contribution >= 4 is 11.8 Å². The number of aliphatic hydroxyl groups is 2. The van der Waals surface area contributed by atoms with Crippen LogP contribution in [0.25, 0.3) is 0 Å². The van der Waals surface area contributed by atoms with Gasteiger partial charge < -0.3 is 10.2 Å². The molecule has 4 saturated carbocycles. The molecule has 0 radical (unpaired) electrons. The van der Waals surface area contributed by atoms with E-state index in [2.05, 4.69) is 52.4 Å².